The maximum atomic E-state index is 10.8. The highest BCUT2D eigenvalue weighted by atomic mass is 35.5. The van der Waals surface area contributed by atoms with Crippen LogP contribution in [0, 0.1) is 0 Å². The minimum absolute atomic E-state index is 0.244. The van der Waals surface area contributed by atoms with Crippen LogP contribution < -0.4 is 0 Å². The topological polar surface area (TPSA) is 37.3 Å². The molecule has 0 aliphatic carbocycles. The number of benzene rings is 1. The fourth-order valence-corrected chi connectivity index (χ4v) is 1.22. The van der Waals surface area contributed by atoms with Gasteiger partial charge in [-0.2, -0.15) is 0 Å². The summed E-state index contributed by atoms with van der Waals surface area (Å²) >= 11 is 5.58. The highest BCUT2D eigenvalue weighted by molar-refractivity contribution is 6.17. The first kappa shape index (κ1) is 9.81. The normalized spacial score (nSPS) is 9.62. The summed E-state index contributed by atoms with van der Waals surface area (Å²) in [6, 6.07) is 5.05. The molecule has 0 unspecified atom stereocenters. The van der Waals surface area contributed by atoms with Gasteiger partial charge in [-0.05, 0) is 17.2 Å². The Kier molecular flexibility index (Phi) is 3.09. The largest absolute Gasteiger partial charge is 0.478 e. The summed E-state index contributed by atoms with van der Waals surface area (Å²) in [6.45, 7) is 3.53. The van der Waals surface area contributed by atoms with Crippen LogP contribution in [-0.4, -0.2) is 11.1 Å². The second-order valence-corrected chi connectivity index (χ2v) is 2.83. The molecule has 0 saturated carbocycles. The van der Waals surface area contributed by atoms with Gasteiger partial charge in [0, 0.05) is 5.88 Å². The minimum Gasteiger partial charge on any atom is -0.478 e. The summed E-state index contributed by atoms with van der Waals surface area (Å²) in [6.07, 6.45) is 1.52. The molecule has 1 aromatic carbocycles. The Bertz CT molecular complexity index is 345. The molecule has 1 rings (SSSR count). The van der Waals surface area contributed by atoms with Gasteiger partial charge in [-0.25, -0.2) is 4.79 Å². The number of halogens is 1. The van der Waals surface area contributed by atoms with Crippen LogP contribution in [0.5, 0.6) is 0 Å². The number of aromatic carboxylic acids is 1. The quantitative estimate of drug-likeness (QED) is 0.755. The average Bonchev–Trinajstić information content (AvgIpc) is 2.16. The van der Waals surface area contributed by atoms with E-state index in [1.54, 1.807) is 18.2 Å². The molecule has 68 valence electrons. The predicted octanol–water partition coefficient (Wildman–Crippen LogP) is 2.77. The smallest absolute Gasteiger partial charge is 0.336 e. The van der Waals surface area contributed by atoms with E-state index in [4.69, 9.17) is 16.7 Å². The second kappa shape index (κ2) is 4.10. The molecule has 13 heavy (non-hydrogen) atoms. The molecule has 0 fully saturated rings. The van der Waals surface area contributed by atoms with Gasteiger partial charge in [0.2, 0.25) is 0 Å². The van der Waals surface area contributed by atoms with Crippen LogP contribution in [-0.2, 0) is 5.88 Å². The van der Waals surface area contributed by atoms with E-state index in [0.717, 1.165) is 5.56 Å². The number of rotatable bonds is 3. The van der Waals surface area contributed by atoms with Crippen molar-refractivity contribution in [2.75, 3.05) is 0 Å². The zero-order valence-corrected chi connectivity index (χ0v) is 7.71. The van der Waals surface area contributed by atoms with E-state index in [1.165, 1.54) is 6.08 Å². The summed E-state index contributed by atoms with van der Waals surface area (Å²) in [5.41, 5.74) is 1.65. The van der Waals surface area contributed by atoms with Gasteiger partial charge in [-0.15, -0.1) is 11.6 Å². The Balaban J connectivity index is 3.25. The monoisotopic (exact) mass is 196 g/mol. The van der Waals surface area contributed by atoms with Crippen LogP contribution in [0.4, 0.5) is 0 Å². The molecule has 0 radical (unpaired) electrons. The maximum absolute atomic E-state index is 10.8. The lowest BCUT2D eigenvalue weighted by Gasteiger charge is -2.02. The molecule has 0 aliphatic rings. The number of hydrogen-bond acceptors (Lipinski definition) is 1. The van der Waals surface area contributed by atoms with Gasteiger partial charge in [-0.1, -0.05) is 24.8 Å². The molecule has 0 aliphatic heterocycles. The van der Waals surface area contributed by atoms with E-state index in [2.05, 4.69) is 6.58 Å². The summed E-state index contributed by atoms with van der Waals surface area (Å²) in [7, 11) is 0. The molecule has 0 atom stereocenters. The zero-order valence-electron chi connectivity index (χ0n) is 6.96. The van der Waals surface area contributed by atoms with E-state index in [9.17, 15) is 4.79 Å². The number of hydrogen-bond donors (Lipinski definition) is 1. The van der Waals surface area contributed by atoms with E-state index >= 15 is 0 Å². The number of carbonyl (C=O) groups is 1. The average molecular weight is 197 g/mol. The van der Waals surface area contributed by atoms with Crippen molar-refractivity contribution in [2.24, 2.45) is 0 Å². The van der Waals surface area contributed by atoms with Crippen molar-refractivity contribution in [2.45, 2.75) is 5.88 Å². The lowest BCUT2D eigenvalue weighted by molar-refractivity contribution is 0.0696. The summed E-state index contributed by atoms with van der Waals surface area (Å²) < 4.78 is 0. The highest BCUT2D eigenvalue weighted by Crippen LogP contribution is 2.14. The predicted molar refractivity (Wildman–Crippen MR) is 53.0 cm³/mol. The molecule has 0 spiro atoms. The Labute approximate surface area is 81.5 Å². The number of carboxylic acids is 1. The van der Waals surface area contributed by atoms with Crippen LogP contribution in [0.1, 0.15) is 21.5 Å². The first-order chi connectivity index (χ1) is 6.19. The van der Waals surface area contributed by atoms with Gasteiger partial charge >= 0.3 is 5.97 Å². The Morgan fingerprint density at radius 3 is 2.77 bits per heavy atom. The van der Waals surface area contributed by atoms with Gasteiger partial charge in [-0.3, -0.25) is 0 Å². The van der Waals surface area contributed by atoms with Crippen LogP contribution in [0.2, 0.25) is 0 Å². The molecule has 1 aromatic rings. The fraction of sp³-hybridized carbons (Fsp3) is 0.100. The standard InChI is InChI=1S/C10H9ClO2/c1-2-8-4-3-7(6-11)5-9(8)10(12)13/h2-5H,1,6H2,(H,12,13). The van der Waals surface area contributed by atoms with Crippen molar-refractivity contribution in [1.29, 1.82) is 0 Å². The molecular formula is C10H9ClO2. The van der Waals surface area contributed by atoms with Gasteiger partial charge in [0.25, 0.3) is 0 Å². The maximum Gasteiger partial charge on any atom is 0.336 e. The van der Waals surface area contributed by atoms with Crippen LogP contribution in [0.15, 0.2) is 24.8 Å². The van der Waals surface area contributed by atoms with E-state index in [1.807, 2.05) is 0 Å². The SMILES string of the molecule is C=Cc1ccc(CCl)cc1C(=O)O. The third-order valence-electron chi connectivity index (χ3n) is 1.72. The van der Waals surface area contributed by atoms with Crippen molar-refractivity contribution in [3.05, 3.63) is 41.5 Å². The van der Waals surface area contributed by atoms with Crippen molar-refractivity contribution in [1.82, 2.24) is 0 Å². The zero-order chi connectivity index (χ0) is 9.84. The summed E-state index contributed by atoms with van der Waals surface area (Å²) in [5.74, 6) is -0.639. The van der Waals surface area contributed by atoms with Crippen LogP contribution >= 0.6 is 11.6 Å². The Morgan fingerprint density at radius 1 is 1.62 bits per heavy atom. The summed E-state index contributed by atoms with van der Waals surface area (Å²) in [4.78, 5) is 10.8. The van der Waals surface area contributed by atoms with Crippen molar-refractivity contribution >= 4 is 23.6 Å². The Hall–Kier alpha value is -1.28. The van der Waals surface area contributed by atoms with Crippen molar-refractivity contribution < 1.29 is 9.90 Å². The number of carboxylic acid groups (broad SMARTS) is 1. The third kappa shape index (κ3) is 2.10. The van der Waals surface area contributed by atoms with Gasteiger partial charge in [0.15, 0.2) is 0 Å². The molecule has 0 saturated heterocycles. The third-order valence-corrected chi connectivity index (χ3v) is 2.03. The molecule has 1 N–H and O–H groups in total. The van der Waals surface area contributed by atoms with Crippen molar-refractivity contribution in [3.63, 3.8) is 0 Å². The molecule has 0 amide bonds. The molecule has 0 bridgehead atoms. The molecule has 0 heterocycles. The van der Waals surface area contributed by atoms with Crippen LogP contribution in [0.3, 0.4) is 0 Å². The second-order valence-electron chi connectivity index (χ2n) is 2.56. The molecule has 2 nitrogen and oxygen atoms in total. The first-order valence-electron chi connectivity index (χ1n) is 3.73. The van der Waals surface area contributed by atoms with Gasteiger partial charge in [0.05, 0.1) is 5.56 Å². The van der Waals surface area contributed by atoms with Gasteiger partial charge < -0.3 is 5.11 Å². The van der Waals surface area contributed by atoms with Crippen LogP contribution in [0.25, 0.3) is 6.08 Å². The molecule has 0 aromatic heterocycles. The highest BCUT2D eigenvalue weighted by Gasteiger charge is 2.07. The fourth-order valence-electron chi connectivity index (χ4n) is 1.05. The van der Waals surface area contributed by atoms with Crippen molar-refractivity contribution in [3.8, 4) is 0 Å². The minimum atomic E-state index is -0.957. The van der Waals surface area contributed by atoms with E-state index in [-0.39, 0.29) is 5.56 Å². The molecular weight excluding hydrogens is 188 g/mol. The Morgan fingerprint density at radius 2 is 2.31 bits per heavy atom. The van der Waals surface area contributed by atoms with E-state index in [0.29, 0.717) is 11.4 Å². The first-order valence-corrected chi connectivity index (χ1v) is 4.27. The summed E-state index contributed by atoms with van der Waals surface area (Å²) in [5, 5.41) is 8.83. The van der Waals surface area contributed by atoms with Gasteiger partial charge in [0.1, 0.15) is 0 Å². The molecule has 3 heteroatoms. The van der Waals surface area contributed by atoms with E-state index < -0.39 is 5.97 Å². The lowest BCUT2D eigenvalue weighted by atomic mass is 10.0. The lowest BCUT2D eigenvalue weighted by Crippen LogP contribution is -2.00. The number of alkyl halides is 1.